The maximum absolute atomic E-state index is 12.3. The van der Waals surface area contributed by atoms with Gasteiger partial charge in [0.05, 0.1) is 16.1 Å². The summed E-state index contributed by atoms with van der Waals surface area (Å²) in [5, 5.41) is 2.93. The molecule has 0 radical (unpaired) electrons. The molecule has 102 valence electrons. The summed E-state index contributed by atoms with van der Waals surface area (Å²) in [6.07, 6.45) is 0. The van der Waals surface area contributed by atoms with Crippen molar-refractivity contribution in [2.24, 2.45) is 0 Å². The van der Waals surface area contributed by atoms with Crippen molar-refractivity contribution >= 4 is 38.1 Å². The lowest BCUT2D eigenvalue weighted by Gasteiger charge is -2.08. The molecule has 0 spiro atoms. The van der Waals surface area contributed by atoms with Crippen LogP contribution in [0.1, 0.15) is 5.56 Å². The van der Waals surface area contributed by atoms with Crippen molar-refractivity contribution in [3.63, 3.8) is 0 Å². The van der Waals surface area contributed by atoms with Crippen LogP contribution < -0.4 is 4.72 Å². The molecule has 0 aliphatic rings. The first-order valence-electron chi connectivity index (χ1n) is 5.98. The first kappa shape index (κ1) is 13.1. The minimum atomic E-state index is -3.56. The maximum Gasteiger partial charge on any atom is 0.261 e. The second kappa shape index (κ2) is 4.88. The molecule has 2 aromatic carbocycles. The molecule has 0 aliphatic carbocycles. The Balaban J connectivity index is 1.94. The van der Waals surface area contributed by atoms with Crippen LogP contribution in [-0.4, -0.2) is 12.8 Å². The fourth-order valence-corrected chi connectivity index (χ4v) is 3.54. The van der Waals surface area contributed by atoms with Gasteiger partial charge in [0.2, 0.25) is 0 Å². The number of rotatable bonds is 3. The number of nitrogens with one attached hydrogen (secondary N) is 1. The van der Waals surface area contributed by atoms with Crippen molar-refractivity contribution in [2.45, 2.75) is 11.8 Å². The van der Waals surface area contributed by atoms with E-state index in [2.05, 4.69) is 9.10 Å². The van der Waals surface area contributed by atoms with E-state index in [1.807, 2.05) is 18.4 Å². The Hall–Kier alpha value is -1.92. The molecule has 1 aromatic heterocycles. The molecule has 0 unspecified atom stereocenters. The first-order valence-corrected chi connectivity index (χ1v) is 8.30. The van der Waals surface area contributed by atoms with Gasteiger partial charge in [0.25, 0.3) is 10.0 Å². The molecule has 0 fully saturated rings. The zero-order valence-corrected chi connectivity index (χ0v) is 12.3. The number of aromatic nitrogens is 1. The van der Waals surface area contributed by atoms with E-state index in [4.69, 9.17) is 0 Å². The summed E-state index contributed by atoms with van der Waals surface area (Å²) in [6, 6.07) is 12.1. The predicted octanol–water partition coefficient (Wildman–Crippen LogP) is 3.41. The van der Waals surface area contributed by atoms with E-state index in [0.717, 1.165) is 16.5 Å². The molecule has 0 saturated heterocycles. The summed E-state index contributed by atoms with van der Waals surface area (Å²) in [7, 11) is -3.56. The van der Waals surface area contributed by atoms with Crippen LogP contribution in [0.3, 0.4) is 0 Å². The quantitative estimate of drug-likeness (QED) is 0.806. The Bertz CT molecular complexity index is 852. The highest BCUT2D eigenvalue weighted by atomic mass is 32.2. The summed E-state index contributed by atoms with van der Waals surface area (Å²) in [5.41, 5.74) is 2.33. The van der Waals surface area contributed by atoms with Crippen molar-refractivity contribution in [3.8, 4) is 0 Å². The molecule has 3 rings (SSSR count). The van der Waals surface area contributed by atoms with Gasteiger partial charge in [0.15, 0.2) is 0 Å². The summed E-state index contributed by atoms with van der Waals surface area (Å²) < 4.78 is 31.3. The van der Waals surface area contributed by atoms with Crippen molar-refractivity contribution in [1.82, 2.24) is 4.37 Å². The average Bonchev–Trinajstić information content (AvgIpc) is 2.86. The van der Waals surface area contributed by atoms with Crippen LogP contribution in [0.25, 0.3) is 10.9 Å². The molecular formula is C14H12N2O2S2. The summed E-state index contributed by atoms with van der Waals surface area (Å²) >= 11 is 1.35. The monoisotopic (exact) mass is 304 g/mol. The van der Waals surface area contributed by atoms with Gasteiger partial charge in [-0.05, 0) is 48.8 Å². The summed E-state index contributed by atoms with van der Waals surface area (Å²) in [5.74, 6) is 0. The fraction of sp³-hybridized carbons (Fsp3) is 0.0714. The lowest BCUT2D eigenvalue weighted by atomic mass is 10.2. The molecule has 6 heteroatoms. The van der Waals surface area contributed by atoms with Crippen molar-refractivity contribution < 1.29 is 8.42 Å². The Kier molecular flexibility index (Phi) is 3.19. The molecule has 3 aromatic rings. The SMILES string of the molecule is Cc1ccc(S(=O)(=O)Nc2ccc3csnc3c2)cc1. The van der Waals surface area contributed by atoms with E-state index < -0.39 is 10.0 Å². The molecule has 0 atom stereocenters. The molecule has 0 aliphatic heterocycles. The first-order chi connectivity index (χ1) is 9.54. The second-order valence-corrected chi connectivity index (χ2v) is 6.82. The van der Waals surface area contributed by atoms with Gasteiger partial charge >= 0.3 is 0 Å². The van der Waals surface area contributed by atoms with Crippen LogP contribution in [0.2, 0.25) is 0 Å². The zero-order chi connectivity index (χ0) is 14.2. The Morgan fingerprint density at radius 3 is 2.60 bits per heavy atom. The van der Waals surface area contributed by atoms with E-state index in [1.165, 1.54) is 11.5 Å². The number of nitrogens with zero attached hydrogens (tertiary/aromatic N) is 1. The van der Waals surface area contributed by atoms with E-state index in [9.17, 15) is 8.42 Å². The highest BCUT2D eigenvalue weighted by Gasteiger charge is 2.14. The third-order valence-corrected chi connectivity index (χ3v) is 5.00. The van der Waals surface area contributed by atoms with Crippen LogP contribution in [0.4, 0.5) is 5.69 Å². The number of aryl methyl sites for hydroxylation is 1. The van der Waals surface area contributed by atoms with Gasteiger partial charge in [-0.15, -0.1) is 0 Å². The van der Waals surface area contributed by atoms with Crippen LogP contribution >= 0.6 is 11.5 Å². The highest BCUT2D eigenvalue weighted by molar-refractivity contribution is 7.92. The molecule has 0 amide bonds. The predicted molar refractivity (Wildman–Crippen MR) is 81.6 cm³/mol. The average molecular weight is 304 g/mol. The van der Waals surface area contributed by atoms with E-state index in [1.54, 1.807) is 36.4 Å². The Morgan fingerprint density at radius 2 is 1.85 bits per heavy atom. The number of sulfonamides is 1. The van der Waals surface area contributed by atoms with Gasteiger partial charge < -0.3 is 0 Å². The number of fused-ring (bicyclic) bond motifs is 1. The lowest BCUT2D eigenvalue weighted by Crippen LogP contribution is -2.12. The van der Waals surface area contributed by atoms with Crippen LogP contribution in [0.5, 0.6) is 0 Å². The van der Waals surface area contributed by atoms with E-state index >= 15 is 0 Å². The van der Waals surface area contributed by atoms with Crippen LogP contribution in [-0.2, 0) is 10.0 Å². The van der Waals surface area contributed by atoms with Gasteiger partial charge in [0.1, 0.15) is 0 Å². The van der Waals surface area contributed by atoms with Crippen LogP contribution in [0.15, 0.2) is 52.7 Å². The molecule has 0 bridgehead atoms. The normalized spacial score (nSPS) is 11.7. The molecule has 4 nitrogen and oxygen atoms in total. The van der Waals surface area contributed by atoms with Crippen molar-refractivity contribution in [1.29, 1.82) is 0 Å². The third-order valence-electron chi connectivity index (χ3n) is 2.94. The van der Waals surface area contributed by atoms with Crippen molar-refractivity contribution in [3.05, 3.63) is 53.4 Å². The van der Waals surface area contributed by atoms with Crippen molar-refractivity contribution in [2.75, 3.05) is 4.72 Å². The summed E-state index contributed by atoms with van der Waals surface area (Å²) in [4.78, 5) is 0.251. The lowest BCUT2D eigenvalue weighted by molar-refractivity contribution is 0.601. The smallest absolute Gasteiger partial charge is 0.261 e. The highest BCUT2D eigenvalue weighted by Crippen LogP contribution is 2.22. The van der Waals surface area contributed by atoms with E-state index in [-0.39, 0.29) is 4.90 Å². The zero-order valence-electron chi connectivity index (χ0n) is 10.7. The molecule has 0 saturated carbocycles. The maximum atomic E-state index is 12.3. The topological polar surface area (TPSA) is 59.1 Å². The third kappa shape index (κ3) is 2.52. The van der Waals surface area contributed by atoms with Gasteiger partial charge in [0, 0.05) is 10.8 Å². The minimum Gasteiger partial charge on any atom is -0.280 e. The van der Waals surface area contributed by atoms with Gasteiger partial charge in [-0.2, -0.15) is 4.37 Å². The van der Waals surface area contributed by atoms with E-state index in [0.29, 0.717) is 5.69 Å². The molecule has 20 heavy (non-hydrogen) atoms. The number of benzene rings is 2. The summed E-state index contributed by atoms with van der Waals surface area (Å²) in [6.45, 7) is 1.92. The molecule has 1 heterocycles. The fourth-order valence-electron chi connectivity index (χ4n) is 1.86. The van der Waals surface area contributed by atoms with Gasteiger partial charge in [-0.3, -0.25) is 4.72 Å². The standard InChI is InChI=1S/C14H12N2O2S2/c1-10-2-6-13(7-3-10)20(17,18)16-12-5-4-11-9-19-15-14(11)8-12/h2-9,16H,1H3. The number of hydrogen-bond donors (Lipinski definition) is 1. The minimum absolute atomic E-state index is 0.251. The Morgan fingerprint density at radius 1 is 1.10 bits per heavy atom. The van der Waals surface area contributed by atoms with Gasteiger partial charge in [-0.1, -0.05) is 17.7 Å². The number of anilines is 1. The largest absolute Gasteiger partial charge is 0.280 e. The number of hydrogen-bond acceptors (Lipinski definition) is 4. The molecule has 1 N–H and O–H groups in total. The van der Waals surface area contributed by atoms with Gasteiger partial charge in [-0.25, -0.2) is 8.42 Å². The Labute approximate surface area is 121 Å². The second-order valence-electron chi connectivity index (χ2n) is 4.51. The molecular weight excluding hydrogens is 292 g/mol. The van der Waals surface area contributed by atoms with Crippen LogP contribution in [0, 0.1) is 6.92 Å².